The normalized spacial score (nSPS) is 24.3. The molecule has 0 saturated heterocycles. The summed E-state index contributed by atoms with van der Waals surface area (Å²) in [5, 5.41) is 17.4. The van der Waals surface area contributed by atoms with Crippen LogP contribution in [0.4, 0.5) is 0 Å². The van der Waals surface area contributed by atoms with E-state index in [1.807, 2.05) is 27.7 Å². The first kappa shape index (κ1) is 20.4. The summed E-state index contributed by atoms with van der Waals surface area (Å²) < 4.78 is 12.1. The number of aliphatic imine (C=N–C) groups is 1. The summed E-state index contributed by atoms with van der Waals surface area (Å²) in [6.45, 7) is 9.22. The van der Waals surface area contributed by atoms with E-state index in [0.29, 0.717) is 30.7 Å². The van der Waals surface area contributed by atoms with Crippen molar-refractivity contribution in [2.75, 3.05) is 18.8 Å². The van der Waals surface area contributed by atoms with Crippen molar-refractivity contribution in [3.8, 4) is 0 Å². The fourth-order valence-electron chi connectivity index (χ4n) is 2.96. The van der Waals surface area contributed by atoms with Crippen molar-refractivity contribution in [1.29, 1.82) is 0 Å². The van der Waals surface area contributed by atoms with E-state index in [1.54, 1.807) is 0 Å². The molecule has 3 unspecified atom stereocenters. The van der Waals surface area contributed by atoms with E-state index in [9.17, 15) is 9.32 Å². The second-order valence-electron chi connectivity index (χ2n) is 6.43. The molecular weight excluding hydrogens is 310 g/mol. The standard InChI is InChI=1S/C17H35N3O2S/c1-5-17(21,6-2)13-19-16(18-7-3)20-14-10-9-11-15(12-14)23(22)8-4/h14-15,21H,5-13H2,1-4H3,(H2,18,19,20). The largest absolute Gasteiger partial charge is 0.388 e. The lowest BCUT2D eigenvalue weighted by molar-refractivity contribution is 0.0417. The molecule has 136 valence electrons. The van der Waals surface area contributed by atoms with E-state index in [2.05, 4.69) is 15.6 Å². The first-order chi connectivity index (χ1) is 11.0. The summed E-state index contributed by atoms with van der Waals surface area (Å²) >= 11 is 0. The zero-order chi connectivity index (χ0) is 17.3. The smallest absolute Gasteiger partial charge is 0.191 e. The van der Waals surface area contributed by atoms with Crippen LogP contribution < -0.4 is 10.6 Å². The Bertz CT molecular complexity index is 397. The van der Waals surface area contributed by atoms with E-state index < -0.39 is 16.4 Å². The average Bonchev–Trinajstić information content (AvgIpc) is 2.59. The van der Waals surface area contributed by atoms with E-state index in [0.717, 1.165) is 43.9 Å². The Hall–Kier alpha value is -0.620. The van der Waals surface area contributed by atoms with Gasteiger partial charge in [-0.25, -0.2) is 0 Å². The third-order valence-corrected chi connectivity index (χ3v) is 6.56. The molecule has 5 nitrogen and oxygen atoms in total. The highest BCUT2D eigenvalue weighted by molar-refractivity contribution is 7.85. The molecule has 1 aliphatic rings. The van der Waals surface area contributed by atoms with Crippen LogP contribution in [0.5, 0.6) is 0 Å². The Labute approximate surface area is 144 Å². The van der Waals surface area contributed by atoms with Crippen LogP contribution in [0.15, 0.2) is 4.99 Å². The topological polar surface area (TPSA) is 73.7 Å². The van der Waals surface area contributed by atoms with Crippen LogP contribution in [0.2, 0.25) is 0 Å². The van der Waals surface area contributed by atoms with Crippen molar-refractivity contribution >= 4 is 16.8 Å². The molecule has 0 bridgehead atoms. The van der Waals surface area contributed by atoms with Crippen LogP contribution in [-0.2, 0) is 10.8 Å². The fourth-order valence-corrected chi connectivity index (χ4v) is 4.31. The molecule has 0 aromatic heterocycles. The number of hydrogen-bond donors (Lipinski definition) is 3. The van der Waals surface area contributed by atoms with Gasteiger partial charge in [-0.3, -0.25) is 9.20 Å². The Balaban J connectivity index is 2.66. The maximum Gasteiger partial charge on any atom is 0.191 e. The van der Waals surface area contributed by atoms with Gasteiger partial charge in [0.1, 0.15) is 0 Å². The summed E-state index contributed by atoms with van der Waals surface area (Å²) in [6.07, 6.45) is 5.62. The Morgan fingerprint density at radius 1 is 1.26 bits per heavy atom. The minimum Gasteiger partial charge on any atom is -0.388 e. The molecule has 0 aliphatic heterocycles. The monoisotopic (exact) mass is 345 g/mol. The predicted octanol–water partition coefficient (Wildman–Crippen LogP) is 2.17. The van der Waals surface area contributed by atoms with Gasteiger partial charge < -0.3 is 15.7 Å². The molecule has 0 amide bonds. The van der Waals surface area contributed by atoms with Gasteiger partial charge in [0.25, 0.3) is 0 Å². The van der Waals surface area contributed by atoms with Gasteiger partial charge in [-0.2, -0.15) is 0 Å². The van der Waals surface area contributed by atoms with E-state index in [4.69, 9.17) is 0 Å². The molecule has 0 aromatic carbocycles. The summed E-state index contributed by atoms with van der Waals surface area (Å²) in [4.78, 5) is 4.58. The number of nitrogens with zero attached hydrogens (tertiary/aromatic N) is 1. The molecule has 0 spiro atoms. The molecule has 0 radical (unpaired) electrons. The molecule has 23 heavy (non-hydrogen) atoms. The van der Waals surface area contributed by atoms with Crippen molar-refractivity contribution in [2.24, 2.45) is 4.99 Å². The predicted molar refractivity (Wildman–Crippen MR) is 99.4 cm³/mol. The van der Waals surface area contributed by atoms with Crippen LogP contribution in [0.25, 0.3) is 0 Å². The lowest BCUT2D eigenvalue weighted by atomic mass is 9.95. The first-order valence-electron chi connectivity index (χ1n) is 9.12. The van der Waals surface area contributed by atoms with Crippen molar-refractivity contribution in [2.45, 2.75) is 83.1 Å². The first-order valence-corrected chi connectivity index (χ1v) is 10.5. The van der Waals surface area contributed by atoms with Gasteiger partial charge in [-0.1, -0.05) is 27.2 Å². The average molecular weight is 346 g/mol. The molecule has 1 fully saturated rings. The molecule has 1 rings (SSSR count). The highest BCUT2D eigenvalue weighted by Crippen LogP contribution is 2.23. The van der Waals surface area contributed by atoms with Crippen LogP contribution >= 0.6 is 0 Å². The highest BCUT2D eigenvalue weighted by atomic mass is 32.2. The maximum absolute atomic E-state index is 12.1. The molecule has 3 atom stereocenters. The minimum atomic E-state index is -0.721. The third kappa shape index (κ3) is 6.79. The lowest BCUT2D eigenvalue weighted by Crippen LogP contribution is -2.47. The van der Waals surface area contributed by atoms with E-state index in [1.165, 1.54) is 0 Å². The van der Waals surface area contributed by atoms with Gasteiger partial charge in [0, 0.05) is 34.4 Å². The molecule has 1 aliphatic carbocycles. The van der Waals surface area contributed by atoms with E-state index >= 15 is 0 Å². The quantitative estimate of drug-likeness (QED) is 0.466. The molecular formula is C17H35N3O2S. The second-order valence-corrected chi connectivity index (χ2v) is 8.43. The van der Waals surface area contributed by atoms with Crippen molar-refractivity contribution < 1.29 is 9.32 Å². The lowest BCUT2D eigenvalue weighted by Gasteiger charge is -2.30. The number of aliphatic hydroxyl groups is 1. The molecule has 6 heteroatoms. The van der Waals surface area contributed by atoms with Gasteiger partial charge in [0.15, 0.2) is 5.96 Å². The summed E-state index contributed by atoms with van der Waals surface area (Å²) in [5.41, 5.74) is -0.721. The van der Waals surface area contributed by atoms with Crippen molar-refractivity contribution in [3.05, 3.63) is 0 Å². The second kappa shape index (κ2) is 10.3. The van der Waals surface area contributed by atoms with Gasteiger partial charge in [-0.05, 0) is 39.0 Å². The maximum atomic E-state index is 12.1. The molecule has 0 aromatic rings. The van der Waals surface area contributed by atoms with Crippen LogP contribution in [-0.4, -0.2) is 51.0 Å². The Kier molecular flexibility index (Phi) is 9.14. The number of hydrogen-bond acceptors (Lipinski definition) is 3. The Morgan fingerprint density at radius 2 is 1.96 bits per heavy atom. The van der Waals surface area contributed by atoms with Gasteiger partial charge in [-0.15, -0.1) is 0 Å². The number of guanidine groups is 1. The van der Waals surface area contributed by atoms with E-state index in [-0.39, 0.29) is 0 Å². The van der Waals surface area contributed by atoms with Crippen LogP contribution in [0, 0.1) is 0 Å². The third-order valence-electron chi connectivity index (χ3n) is 4.82. The SMILES string of the molecule is CCNC(=NCC(O)(CC)CC)NC1CCCC(S(=O)CC)C1. The molecule has 1 saturated carbocycles. The zero-order valence-electron chi connectivity index (χ0n) is 15.2. The minimum absolute atomic E-state index is 0.303. The molecule has 0 heterocycles. The summed E-state index contributed by atoms with van der Waals surface area (Å²) in [6, 6.07) is 0.318. The van der Waals surface area contributed by atoms with Gasteiger partial charge in [0.2, 0.25) is 0 Å². The van der Waals surface area contributed by atoms with Crippen LogP contribution in [0.1, 0.15) is 66.2 Å². The Morgan fingerprint density at radius 3 is 2.52 bits per heavy atom. The van der Waals surface area contributed by atoms with Gasteiger partial charge >= 0.3 is 0 Å². The fraction of sp³-hybridized carbons (Fsp3) is 0.941. The highest BCUT2D eigenvalue weighted by Gasteiger charge is 2.26. The number of nitrogens with one attached hydrogen (secondary N) is 2. The molecule has 3 N–H and O–H groups in total. The summed E-state index contributed by atoms with van der Waals surface area (Å²) in [5.74, 6) is 1.51. The van der Waals surface area contributed by atoms with Crippen molar-refractivity contribution in [1.82, 2.24) is 10.6 Å². The summed E-state index contributed by atoms with van der Waals surface area (Å²) in [7, 11) is -0.714. The van der Waals surface area contributed by atoms with Crippen molar-refractivity contribution in [3.63, 3.8) is 0 Å². The van der Waals surface area contributed by atoms with Gasteiger partial charge in [0.05, 0.1) is 12.1 Å². The number of rotatable bonds is 8. The van der Waals surface area contributed by atoms with Crippen LogP contribution in [0.3, 0.4) is 0 Å². The zero-order valence-corrected chi connectivity index (χ0v) is 16.0.